The maximum absolute atomic E-state index is 5.82. The Morgan fingerprint density at radius 1 is 1.24 bits per heavy atom. The van der Waals surface area contributed by atoms with Crippen molar-refractivity contribution in [2.45, 2.75) is 13.8 Å². The first-order valence-electron chi connectivity index (χ1n) is 5.73. The molecule has 0 unspecified atom stereocenters. The van der Waals surface area contributed by atoms with E-state index in [0.717, 1.165) is 29.4 Å². The van der Waals surface area contributed by atoms with Gasteiger partial charge in [-0.05, 0) is 31.5 Å². The predicted molar refractivity (Wildman–Crippen MR) is 69.7 cm³/mol. The lowest BCUT2D eigenvalue weighted by molar-refractivity contribution is 0.478. The molecule has 1 aromatic heterocycles. The third kappa shape index (κ3) is 2.97. The van der Waals surface area contributed by atoms with Gasteiger partial charge in [0.05, 0.1) is 0 Å². The van der Waals surface area contributed by atoms with Gasteiger partial charge in [-0.2, -0.15) is 0 Å². The van der Waals surface area contributed by atoms with E-state index in [0.29, 0.717) is 0 Å². The Labute approximate surface area is 101 Å². The second kappa shape index (κ2) is 5.34. The molecular weight excluding hydrogens is 212 g/mol. The van der Waals surface area contributed by atoms with Gasteiger partial charge in [0, 0.05) is 18.8 Å². The highest BCUT2D eigenvalue weighted by atomic mass is 16.5. The Kier molecular flexibility index (Phi) is 3.60. The Morgan fingerprint density at radius 2 is 2.06 bits per heavy atom. The zero-order valence-electron chi connectivity index (χ0n) is 10.1. The van der Waals surface area contributed by atoms with Crippen molar-refractivity contribution in [3.05, 3.63) is 48.2 Å². The molecule has 1 heterocycles. The number of rotatable bonds is 4. The Morgan fingerprint density at radius 3 is 2.82 bits per heavy atom. The molecule has 0 aliphatic heterocycles. The predicted octanol–water partition coefficient (Wildman–Crippen LogP) is 3.61. The summed E-state index contributed by atoms with van der Waals surface area (Å²) in [6, 6.07) is 11.7. The first-order chi connectivity index (χ1) is 8.29. The van der Waals surface area contributed by atoms with E-state index >= 15 is 0 Å². The van der Waals surface area contributed by atoms with Crippen LogP contribution in [0.2, 0.25) is 0 Å². The fourth-order valence-corrected chi connectivity index (χ4v) is 1.55. The van der Waals surface area contributed by atoms with Crippen LogP contribution in [-0.2, 0) is 0 Å². The van der Waals surface area contributed by atoms with Crippen LogP contribution in [0.25, 0.3) is 0 Å². The molecule has 1 N–H and O–H groups in total. The fraction of sp³-hybridized carbons (Fsp3) is 0.214. The highest BCUT2D eigenvalue weighted by Gasteiger charge is 2.01. The number of pyridine rings is 1. The van der Waals surface area contributed by atoms with Crippen molar-refractivity contribution in [1.82, 2.24) is 4.98 Å². The molecule has 0 radical (unpaired) electrons. The summed E-state index contributed by atoms with van der Waals surface area (Å²) in [7, 11) is 0. The van der Waals surface area contributed by atoms with Crippen molar-refractivity contribution in [1.29, 1.82) is 0 Å². The molecule has 0 saturated carbocycles. The van der Waals surface area contributed by atoms with E-state index in [-0.39, 0.29) is 0 Å². The number of benzene rings is 1. The minimum atomic E-state index is 0.797. The van der Waals surface area contributed by atoms with Crippen molar-refractivity contribution in [3.8, 4) is 11.5 Å². The Bertz CT molecular complexity index is 497. The summed E-state index contributed by atoms with van der Waals surface area (Å²) in [5.41, 5.74) is 1.12. The number of aryl methyl sites for hydroxylation is 1. The standard InChI is InChI=1S/C14H16N2O/c1-3-15-14-10-12(8-9-16-14)17-13-7-5-4-6-11(13)2/h4-10H,3H2,1-2H3,(H,15,16). The average Bonchev–Trinajstić information content (AvgIpc) is 2.33. The molecule has 1 aromatic carbocycles. The van der Waals surface area contributed by atoms with Gasteiger partial charge in [-0.15, -0.1) is 0 Å². The van der Waals surface area contributed by atoms with Crippen LogP contribution in [0, 0.1) is 6.92 Å². The van der Waals surface area contributed by atoms with Crippen molar-refractivity contribution in [2.75, 3.05) is 11.9 Å². The third-order valence-electron chi connectivity index (χ3n) is 2.41. The fourth-order valence-electron chi connectivity index (χ4n) is 1.55. The van der Waals surface area contributed by atoms with Gasteiger partial charge in [-0.3, -0.25) is 0 Å². The van der Waals surface area contributed by atoms with E-state index in [9.17, 15) is 0 Å². The summed E-state index contributed by atoms with van der Waals surface area (Å²) in [4.78, 5) is 4.20. The molecule has 0 fully saturated rings. The molecule has 0 aliphatic rings. The molecule has 0 saturated heterocycles. The zero-order chi connectivity index (χ0) is 12.1. The summed E-state index contributed by atoms with van der Waals surface area (Å²) in [6.07, 6.45) is 1.74. The second-order valence-electron chi connectivity index (χ2n) is 3.77. The summed E-state index contributed by atoms with van der Waals surface area (Å²) < 4.78 is 5.82. The van der Waals surface area contributed by atoms with Crippen LogP contribution >= 0.6 is 0 Å². The maximum Gasteiger partial charge on any atom is 0.132 e. The van der Waals surface area contributed by atoms with Crippen molar-refractivity contribution in [3.63, 3.8) is 0 Å². The number of aromatic nitrogens is 1. The van der Waals surface area contributed by atoms with E-state index in [4.69, 9.17) is 4.74 Å². The summed E-state index contributed by atoms with van der Waals surface area (Å²) >= 11 is 0. The van der Waals surface area contributed by atoms with Crippen LogP contribution in [0.5, 0.6) is 11.5 Å². The van der Waals surface area contributed by atoms with E-state index in [1.54, 1.807) is 6.20 Å². The van der Waals surface area contributed by atoms with Crippen LogP contribution in [0.15, 0.2) is 42.6 Å². The van der Waals surface area contributed by atoms with E-state index < -0.39 is 0 Å². The highest BCUT2D eigenvalue weighted by molar-refractivity contribution is 5.43. The van der Waals surface area contributed by atoms with Crippen molar-refractivity contribution < 1.29 is 4.74 Å². The number of para-hydroxylation sites is 1. The van der Waals surface area contributed by atoms with Crippen molar-refractivity contribution >= 4 is 5.82 Å². The molecule has 0 amide bonds. The van der Waals surface area contributed by atoms with Crippen LogP contribution in [0.4, 0.5) is 5.82 Å². The van der Waals surface area contributed by atoms with Gasteiger partial charge >= 0.3 is 0 Å². The second-order valence-corrected chi connectivity index (χ2v) is 3.77. The minimum absolute atomic E-state index is 0.797. The van der Waals surface area contributed by atoms with Gasteiger partial charge in [0.1, 0.15) is 17.3 Å². The number of hydrogen-bond acceptors (Lipinski definition) is 3. The largest absolute Gasteiger partial charge is 0.457 e. The SMILES string of the molecule is CCNc1cc(Oc2ccccc2C)ccn1. The molecule has 0 aliphatic carbocycles. The van der Waals surface area contributed by atoms with Gasteiger partial charge < -0.3 is 10.1 Å². The molecule has 3 nitrogen and oxygen atoms in total. The topological polar surface area (TPSA) is 34.1 Å². The quantitative estimate of drug-likeness (QED) is 0.868. The van der Waals surface area contributed by atoms with Gasteiger partial charge in [-0.1, -0.05) is 18.2 Å². The highest BCUT2D eigenvalue weighted by Crippen LogP contribution is 2.25. The number of hydrogen-bond donors (Lipinski definition) is 1. The number of nitrogens with zero attached hydrogens (tertiary/aromatic N) is 1. The van der Waals surface area contributed by atoms with Crippen LogP contribution < -0.4 is 10.1 Å². The lowest BCUT2D eigenvalue weighted by atomic mass is 10.2. The first-order valence-corrected chi connectivity index (χ1v) is 5.73. The van der Waals surface area contributed by atoms with Gasteiger partial charge in [0.25, 0.3) is 0 Å². The van der Waals surface area contributed by atoms with Crippen LogP contribution in [0.3, 0.4) is 0 Å². The number of nitrogens with one attached hydrogen (secondary N) is 1. The summed E-state index contributed by atoms with van der Waals surface area (Å²) in [5.74, 6) is 2.50. The van der Waals surface area contributed by atoms with Gasteiger partial charge in [0.2, 0.25) is 0 Å². The summed E-state index contributed by atoms with van der Waals surface area (Å²) in [5, 5.41) is 3.16. The van der Waals surface area contributed by atoms with Gasteiger partial charge in [0.15, 0.2) is 0 Å². The monoisotopic (exact) mass is 228 g/mol. The Balaban J connectivity index is 2.18. The molecule has 3 heteroatoms. The molecule has 2 aromatic rings. The van der Waals surface area contributed by atoms with E-state index in [1.807, 2.05) is 50.2 Å². The first kappa shape index (κ1) is 11.5. The van der Waals surface area contributed by atoms with E-state index in [2.05, 4.69) is 10.3 Å². The van der Waals surface area contributed by atoms with Crippen molar-refractivity contribution in [2.24, 2.45) is 0 Å². The molecular formula is C14H16N2O. The van der Waals surface area contributed by atoms with Crippen LogP contribution in [0.1, 0.15) is 12.5 Å². The molecule has 0 spiro atoms. The lowest BCUT2D eigenvalue weighted by Gasteiger charge is -2.09. The molecule has 88 valence electrons. The molecule has 0 bridgehead atoms. The smallest absolute Gasteiger partial charge is 0.132 e. The number of ether oxygens (including phenoxy) is 1. The van der Waals surface area contributed by atoms with E-state index in [1.165, 1.54) is 0 Å². The maximum atomic E-state index is 5.82. The van der Waals surface area contributed by atoms with Crippen LogP contribution in [-0.4, -0.2) is 11.5 Å². The zero-order valence-corrected chi connectivity index (χ0v) is 10.1. The lowest BCUT2D eigenvalue weighted by Crippen LogP contribution is -1.98. The normalized spacial score (nSPS) is 10.0. The summed E-state index contributed by atoms with van der Waals surface area (Å²) in [6.45, 7) is 4.92. The Hall–Kier alpha value is -2.03. The molecule has 2 rings (SSSR count). The average molecular weight is 228 g/mol. The molecule has 0 atom stereocenters. The molecule has 17 heavy (non-hydrogen) atoms. The van der Waals surface area contributed by atoms with Gasteiger partial charge in [-0.25, -0.2) is 4.98 Å². The minimum Gasteiger partial charge on any atom is -0.457 e. The number of anilines is 1. The third-order valence-corrected chi connectivity index (χ3v) is 2.41.